The molecule has 0 atom stereocenters. The summed E-state index contributed by atoms with van der Waals surface area (Å²) >= 11 is 3.20. The van der Waals surface area contributed by atoms with Gasteiger partial charge < -0.3 is 4.74 Å². The van der Waals surface area contributed by atoms with Gasteiger partial charge in [-0.15, -0.1) is 0 Å². The number of carbonyl (C=O) groups is 1. The number of hydrogen-bond acceptors (Lipinski definition) is 2. The van der Waals surface area contributed by atoms with Gasteiger partial charge in [0.05, 0.1) is 0 Å². The fraction of sp³-hybridized carbons (Fsp3) is 0.0714. The second kappa shape index (κ2) is 5.93. The van der Waals surface area contributed by atoms with E-state index in [9.17, 15) is 13.6 Å². The summed E-state index contributed by atoms with van der Waals surface area (Å²) in [5.41, 5.74) is 0.938. The SMILES string of the molecule is O=Cc1ccc(OCc2ccc(F)cc2Br)c(F)c1. The van der Waals surface area contributed by atoms with Crippen LogP contribution in [0.1, 0.15) is 15.9 Å². The first-order chi connectivity index (χ1) is 9.10. The maximum Gasteiger partial charge on any atom is 0.165 e. The summed E-state index contributed by atoms with van der Waals surface area (Å²) in [6.07, 6.45) is 0.559. The van der Waals surface area contributed by atoms with Crippen LogP contribution in [0.5, 0.6) is 5.75 Å². The summed E-state index contributed by atoms with van der Waals surface area (Å²) < 4.78 is 32.3. The number of aldehydes is 1. The van der Waals surface area contributed by atoms with Crippen molar-refractivity contribution in [2.45, 2.75) is 6.61 Å². The number of hydrogen-bond donors (Lipinski definition) is 0. The smallest absolute Gasteiger partial charge is 0.165 e. The van der Waals surface area contributed by atoms with Gasteiger partial charge in [-0.1, -0.05) is 22.0 Å². The van der Waals surface area contributed by atoms with Gasteiger partial charge in [0.15, 0.2) is 11.6 Å². The van der Waals surface area contributed by atoms with Gasteiger partial charge in [-0.2, -0.15) is 0 Å². The Labute approximate surface area is 117 Å². The minimum atomic E-state index is -0.608. The third-order valence-electron chi connectivity index (χ3n) is 2.49. The van der Waals surface area contributed by atoms with E-state index < -0.39 is 5.82 Å². The number of halogens is 3. The van der Waals surface area contributed by atoms with E-state index in [-0.39, 0.29) is 23.7 Å². The average molecular weight is 327 g/mol. The molecule has 2 nitrogen and oxygen atoms in total. The summed E-state index contributed by atoms with van der Waals surface area (Å²) in [6, 6.07) is 8.11. The number of carbonyl (C=O) groups excluding carboxylic acids is 1. The normalized spacial score (nSPS) is 10.3. The minimum Gasteiger partial charge on any atom is -0.486 e. The van der Waals surface area contributed by atoms with Crippen LogP contribution in [-0.4, -0.2) is 6.29 Å². The van der Waals surface area contributed by atoms with Crippen LogP contribution in [-0.2, 0) is 6.61 Å². The molecular formula is C14H9BrF2O2. The van der Waals surface area contributed by atoms with Crippen molar-refractivity contribution in [2.75, 3.05) is 0 Å². The molecule has 98 valence electrons. The predicted octanol–water partition coefficient (Wildman–Crippen LogP) is 4.12. The molecule has 0 spiro atoms. The first kappa shape index (κ1) is 13.7. The third-order valence-corrected chi connectivity index (χ3v) is 3.23. The molecule has 5 heteroatoms. The van der Waals surface area contributed by atoms with Gasteiger partial charge in [0, 0.05) is 15.6 Å². The lowest BCUT2D eigenvalue weighted by molar-refractivity contribution is 0.112. The Balaban J connectivity index is 2.12. The molecule has 0 aliphatic heterocycles. The van der Waals surface area contributed by atoms with Crippen molar-refractivity contribution in [1.82, 2.24) is 0 Å². The molecule has 0 saturated heterocycles. The van der Waals surface area contributed by atoms with Crippen molar-refractivity contribution in [1.29, 1.82) is 0 Å². The van der Waals surface area contributed by atoms with Crippen molar-refractivity contribution in [3.05, 3.63) is 63.6 Å². The van der Waals surface area contributed by atoms with Crippen molar-refractivity contribution >= 4 is 22.2 Å². The lowest BCUT2D eigenvalue weighted by Crippen LogP contribution is -1.99. The number of rotatable bonds is 4. The summed E-state index contributed by atoms with van der Waals surface area (Å²) in [7, 11) is 0. The highest BCUT2D eigenvalue weighted by atomic mass is 79.9. The molecule has 0 unspecified atom stereocenters. The van der Waals surface area contributed by atoms with Crippen LogP contribution in [0.3, 0.4) is 0 Å². The van der Waals surface area contributed by atoms with Gasteiger partial charge in [0.25, 0.3) is 0 Å². The molecule has 0 amide bonds. The van der Waals surface area contributed by atoms with Crippen molar-refractivity contribution in [3.8, 4) is 5.75 Å². The van der Waals surface area contributed by atoms with Crippen LogP contribution < -0.4 is 4.74 Å². The fourth-order valence-electron chi connectivity index (χ4n) is 1.50. The van der Waals surface area contributed by atoms with Gasteiger partial charge >= 0.3 is 0 Å². The fourth-order valence-corrected chi connectivity index (χ4v) is 1.97. The Kier molecular flexibility index (Phi) is 4.27. The van der Waals surface area contributed by atoms with E-state index >= 15 is 0 Å². The van der Waals surface area contributed by atoms with E-state index in [4.69, 9.17) is 4.74 Å². The van der Waals surface area contributed by atoms with Crippen molar-refractivity contribution in [2.24, 2.45) is 0 Å². The molecule has 0 N–H and O–H groups in total. The van der Waals surface area contributed by atoms with Crippen LogP contribution in [0.25, 0.3) is 0 Å². The standard InChI is InChI=1S/C14H9BrF2O2/c15-12-6-11(16)3-2-10(12)8-19-14-4-1-9(7-18)5-13(14)17/h1-7H,8H2. The Hall–Kier alpha value is -1.75. The molecular weight excluding hydrogens is 318 g/mol. The first-order valence-electron chi connectivity index (χ1n) is 5.41. The maximum atomic E-state index is 13.5. The van der Waals surface area contributed by atoms with Crippen LogP contribution >= 0.6 is 15.9 Å². The molecule has 0 bridgehead atoms. The Morgan fingerprint density at radius 1 is 1.16 bits per heavy atom. The molecule has 0 saturated carbocycles. The van der Waals surface area contributed by atoms with Crippen molar-refractivity contribution in [3.63, 3.8) is 0 Å². The molecule has 0 radical (unpaired) electrons. The van der Waals surface area contributed by atoms with Crippen LogP contribution in [0, 0.1) is 11.6 Å². The first-order valence-corrected chi connectivity index (χ1v) is 6.21. The Bertz CT molecular complexity index is 614. The van der Waals surface area contributed by atoms with Gasteiger partial charge in [0.1, 0.15) is 18.7 Å². The summed E-state index contributed by atoms with van der Waals surface area (Å²) in [4.78, 5) is 10.5. The van der Waals surface area contributed by atoms with Gasteiger partial charge in [-0.05, 0) is 30.3 Å². The monoisotopic (exact) mass is 326 g/mol. The maximum absolute atomic E-state index is 13.5. The molecule has 0 aromatic heterocycles. The molecule has 0 aliphatic carbocycles. The van der Waals surface area contributed by atoms with Gasteiger partial charge in [-0.25, -0.2) is 8.78 Å². The van der Waals surface area contributed by atoms with Crippen molar-refractivity contribution < 1.29 is 18.3 Å². The zero-order valence-corrected chi connectivity index (χ0v) is 11.3. The van der Waals surface area contributed by atoms with E-state index in [1.807, 2.05) is 0 Å². The number of ether oxygens (including phenoxy) is 1. The molecule has 0 heterocycles. The van der Waals surface area contributed by atoms with Crippen LogP contribution in [0.15, 0.2) is 40.9 Å². The summed E-state index contributed by atoms with van der Waals surface area (Å²) in [5.74, 6) is -0.929. The number of benzene rings is 2. The highest BCUT2D eigenvalue weighted by Crippen LogP contribution is 2.22. The zero-order valence-electron chi connectivity index (χ0n) is 9.70. The quantitative estimate of drug-likeness (QED) is 0.790. The summed E-state index contributed by atoms with van der Waals surface area (Å²) in [6.45, 7) is 0.0955. The highest BCUT2D eigenvalue weighted by Gasteiger charge is 2.07. The second-order valence-electron chi connectivity index (χ2n) is 3.83. The highest BCUT2D eigenvalue weighted by molar-refractivity contribution is 9.10. The third kappa shape index (κ3) is 3.38. The second-order valence-corrected chi connectivity index (χ2v) is 4.69. The zero-order chi connectivity index (χ0) is 13.8. The van der Waals surface area contributed by atoms with Gasteiger partial charge in [-0.3, -0.25) is 4.79 Å². The topological polar surface area (TPSA) is 26.3 Å². The molecule has 2 rings (SSSR count). The molecule has 0 fully saturated rings. The minimum absolute atomic E-state index is 0.0434. The van der Waals surface area contributed by atoms with E-state index in [1.54, 1.807) is 6.07 Å². The van der Waals surface area contributed by atoms with E-state index in [0.29, 0.717) is 16.3 Å². The lowest BCUT2D eigenvalue weighted by Gasteiger charge is -2.09. The Morgan fingerprint density at radius 3 is 2.58 bits per heavy atom. The van der Waals surface area contributed by atoms with E-state index in [2.05, 4.69) is 15.9 Å². The van der Waals surface area contributed by atoms with E-state index in [0.717, 1.165) is 6.07 Å². The molecule has 0 aliphatic rings. The van der Waals surface area contributed by atoms with Crippen LogP contribution in [0.2, 0.25) is 0 Å². The van der Waals surface area contributed by atoms with Crippen LogP contribution in [0.4, 0.5) is 8.78 Å². The molecule has 2 aromatic rings. The average Bonchev–Trinajstić information content (AvgIpc) is 2.39. The van der Waals surface area contributed by atoms with Gasteiger partial charge in [0.2, 0.25) is 0 Å². The summed E-state index contributed by atoms with van der Waals surface area (Å²) in [5, 5.41) is 0. The molecule has 19 heavy (non-hydrogen) atoms. The largest absolute Gasteiger partial charge is 0.486 e. The predicted molar refractivity (Wildman–Crippen MR) is 70.2 cm³/mol. The van der Waals surface area contributed by atoms with E-state index in [1.165, 1.54) is 24.3 Å². The Morgan fingerprint density at radius 2 is 1.95 bits per heavy atom. The lowest BCUT2D eigenvalue weighted by atomic mass is 10.2. The molecule has 2 aromatic carbocycles.